The van der Waals surface area contributed by atoms with Crippen molar-refractivity contribution in [3.63, 3.8) is 0 Å². The van der Waals surface area contributed by atoms with Crippen LogP contribution in [0.4, 0.5) is 0 Å². The van der Waals surface area contributed by atoms with Gasteiger partial charge in [-0.3, -0.25) is 18.6 Å². The van der Waals surface area contributed by atoms with Crippen LogP contribution in [0.1, 0.15) is 239 Å². The standard InChI is InChI=1S/C54H98NO8P/c1-3-5-7-9-11-13-15-17-19-20-21-22-23-24-25-26-27-28-29-30-31-32-33-35-37-39-41-43-45-47-54(57)63-52(51-62-64(58,59)61-49-48-55)50-60-53(56)46-44-42-40-38-36-34-18-16-14-12-10-8-6-4-2/h5,7,11,13,17,19,21-22,24-25,52H,3-4,6,8-10,12,14-16,18,20,23,26-51,55H2,1-2H3,(H,58,59)/b7-5-,13-11-,19-17-,22-21-,25-24-. The second-order valence-electron chi connectivity index (χ2n) is 17.4. The van der Waals surface area contributed by atoms with Gasteiger partial charge in [-0.25, -0.2) is 4.57 Å². The summed E-state index contributed by atoms with van der Waals surface area (Å²) >= 11 is 0. The van der Waals surface area contributed by atoms with Gasteiger partial charge >= 0.3 is 19.8 Å². The number of rotatable bonds is 49. The number of phosphoric ester groups is 1. The SMILES string of the molecule is CC/C=C\C/C=C\C/C=C\C/C=C\C/C=C\CCCCCCCCCCCCCCCC(=O)OC(COC(=O)CCCCCCCCCCCCCCCC)COP(=O)(O)OCCN. The maximum absolute atomic E-state index is 12.7. The molecule has 2 unspecified atom stereocenters. The summed E-state index contributed by atoms with van der Waals surface area (Å²) in [4.78, 5) is 35.0. The summed E-state index contributed by atoms with van der Waals surface area (Å²) in [5, 5.41) is 0. The molecule has 9 nitrogen and oxygen atoms in total. The van der Waals surface area contributed by atoms with Gasteiger partial charge < -0.3 is 20.1 Å². The maximum atomic E-state index is 12.7. The van der Waals surface area contributed by atoms with Crippen LogP contribution in [0, 0.1) is 0 Å². The summed E-state index contributed by atoms with van der Waals surface area (Å²) in [7, 11) is -4.38. The van der Waals surface area contributed by atoms with E-state index in [-0.39, 0.29) is 38.6 Å². The normalized spacial score (nSPS) is 13.6. The third kappa shape index (κ3) is 49.2. The lowest BCUT2D eigenvalue weighted by Gasteiger charge is -2.19. The molecule has 0 rings (SSSR count). The molecule has 372 valence electrons. The molecule has 0 saturated carbocycles. The van der Waals surface area contributed by atoms with Gasteiger partial charge in [-0.15, -0.1) is 0 Å². The average Bonchev–Trinajstić information content (AvgIpc) is 3.28. The second-order valence-corrected chi connectivity index (χ2v) is 18.8. The van der Waals surface area contributed by atoms with Crippen molar-refractivity contribution in [1.82, 2.24) is 0 Å². The van der Waals surface area contributed by atoms with Gasteiger partial charge in [-0.2, -0.15) is 0 Å². The van der Waals surface area contributed by atoms with E-state index in [2.05, 4.69) is 74.6 Å². The molecular weight excluding hydrogens is 822 g/mol. The number of carbonyl (C=O) groups excluding carboxylic acids is 2. The third-order valence-electron chi connectivity index (χ3n) is 11.2. The van der Waals surface area contributed by atoms with E-state index in [0.717, 1.165) is 70.6 Å². The third-order valence-corrected chi connectivity index (χ3v) is 12.2. The smallest absolute Gasteiger partial charge is 0.462 e. The molecule has 2 atom stereocenters. The molecule has 0 aromatic heterocycles. The van der Waals surface area contributed by atoms with Crippen molar-refractivity contribution in [3.05, 3.63) is 60.8 Å². The molecule has 0 aliphatic carbocycles. The Kier molecular flexibility index (Phi) is 48.3. The van der Waals surface area contributed by atoms with Crippen molar-refractivity contribution in [2.24, 2.45) is 5.73 Å². The summed E-state index contributed by atoms with van der Waals surface area (Å²) in [5.74, 6) is -0.822. The Balaban J connectivity index is 3.97. The molecule has 0 fully saturated rings. The Labute approximate surface area is 393 Å². The van der Waals surface area contributed by atoms with Gasteiger partial charge in [0.25, 0.3) is 0 Å². The minimum atomic E-state index is -4.38. The van der Waals surface area contributed by atoms with Crippen LogP contribution in [0.3, 0.4) is 0 Å². The Hall–Kier alpha value is -2.29. The van der Waals surface area contributed by atoms with Crippen LogP contribution in [0.2, 0.25) is 0 Å². The second kappa shape index (κ2) is 50.1. The summed E-state index contributed by atoms with van der Waals surface area (Å²) < 4.78 is 32.9. The number of nitrogens with two attached hydrogens (primary N) is 1. The van der Waals surface area contributed by atoms with E-state index in [1.54, 1.807) is 0 Å². The molecule has 10 heteroatoms. The van der Waals surface area contributed by atoms with E-state index in [1.165, 1.54) is 135 Å². The van der Waals surface area contributed by atoms with Crippen LogP contribution in [0.25, 0.3) is 0 Å². The first-order valence-corrected chi connectivity index (χ1v) is 27.8. The van der Waals surface area contributed by atoms with Crippen molar-refractivity contribution in [2.75, 3.05) is 26.4 Å². The van der Waals surface area contributed by atoms with Crippen molar-refractivity contribution < 1.29 is 37.6 Å². The van der Waals surface area contributed by atoms with Crippen LogP contribution in [0.15, 0.2) is 60.8 Å². The molecule has 0 bridgehead atoms. The number of hydrogen-bond acceptors (Lipinski definition) is 8. The van der Waals surface area contributed by atoms with E-state index in [9.17, 15) is 19.0 Å². The Morgan fingerprint density at radius 3 is 1.28 bits per heavy atom. The summed E-state index contributed by atoms with van der Waals surface area (Å²) in [5.41, 5.74) is 5.37. The molecule has 0 amide bonds. The lowest BCUT2D eigenvalue weighted by Crippen LogP contribution is -2.29. The molecule has 0 heterocycles. The van der Waals surface area contributed by atoms with Crippen molar-refractivity contribution in [2.45, 2.75) is 245 Å². The van der Waals surface area contributed by atoms with Gasteiger partial charge in [0, 0.05) is 19.4 Å². The molecule has 3 N–H and O–H groups in total. The Bertz CT molecular complexity index is 1230. The van der Waals surface area contributed by atoms with Crippen LogP contribution in [-0.4, -0.2) is 49.3 Å². The van der Waals surface area contributed by atoms with E-state index in [0.29, 0.717) is 6.42 Å². The fourth-order valence-electron chi connectivity index (χ4n) is 7.31. The summed E-state index contributed by atoms with van der Waals surface area (Å²) in [6.45, 7) is 3.64. The Morgan fingerprint density at radius 1 is 0.484 bits per heavy atom. The number of esters is 2. The van der Waals surface area contributed by atoms with Crippen molar-refractivity contribution in [1.29, 1.82) is 0 Å². The summed E-state index contributed by atoms with van der Waals surface area (Å²) in [6, 6.07) is 0. The fourth-order valence-corrected chi connectivity index (χ4v) is 8.08. The molecule has 64 heavy (non-hydrogen) atoms. The van der Waals surface area contributed by atoms with Crippen LogP contribution in [-0.2, 0) is 32.7 Å². The predicted octanol–water partition coefficient (Wildman–Crippen LogP) is 16.0. The van der Waals surface area contributed by atoms with Gasteiger partial charge in [0.15, 0.2) is 6.10 Å². The first-order chi connectivity index (χ1) is 31.3. The molecule has 0 saturated heterocycles. The van der Waals surface area contributed by atoms with Crippen LogP contribution in [0.5, 0.6) is 0 Å². The molecule has 0 aromatic carbocycles. The van der Waals surface area contributed by atoms with Crippen LogP contribution >= 0.6 is 7.82 Å². The highest BCUT2D eigenvalue weighted by Crippen LogP contribution is 2.43. The zero-order valence-electron chi connectivity index (χ0n) is 41.3. The Morgan fingerprint density at radius 2 is 0.859 bits per heavy atom. The van der Waals surface area contributed by atoms with Crippen molar-refractivity contribution >= 4 is 19.8 Å². The van der Waals surface area contributed by atoms with E-state index in [4.69, 9.17) is 24.3 Å². The van der Waals surface area contributed by atoms with Crippen LogP contribution < -0.4 is 5.73 Å². The summed E-state index contributed by atoms with van der Waals surface area (Å²) in [6.07, 6.45) is 61.2. The predicted molar refractivity (Wildman–Crippen MR) is 270 cm³/mol. The average molecular weight is 920 g/mol. The molecule has 0 aliphatic rings. The first-order valence-electron chi connectivity index (χ1n) is 26.3. The lowest BCUT2D eigenvalue weighted by molar-refractivity contribution is -0.161. The maximum Gasteiger partial charge on any atom is 0.472 e. The zero-order valence-corrected chi connectivity index (χ0v) is 42.2. The number of unbranched alkanes of at least 4 members (excludes halogenated alkanes) is 26. The van der Waals surface area contributed by atoms with E-state index in [1.807, 2.05) is 0 Å². The highest BCUT2D eigenvalue weighted by Gasteiger charge is 2.26. The van der Waals surface area contributed by atoms with Gasteiger partial charge in [-0.05, 0) is 57.8 Å². The lowest BCUT2D eigenvalue weighted by atomic mass is 10.0. The fraction of sp³-hybridized carbons (Fsp3) is 0.778. The topological polar surface area (TPSA) is 134 Å². The zero-order chi connectivity index (χ0) is 46.7. The first kappa shape index (κ1) is 61.7. The van der Waals surface area contributed by atoms with E-state index < -0.39 is 26.5 Å². The quantitative estimate of drug-likeness (QED) is 0.0265. The monoisotopic (exact) mass is 920 g/mol. The molecule has 0 spiro atoms. The number of ether oxygens (including phenoxy) is 2. The molecule has 0 aliphatic heterocycles. The number of carbonyl (C=O) groups is 2. The van der Waals surface area contributed by atoms with Gasteiger partial charge in [0.1, 0.15) is 6.61 Å². The minimum absolute atomic E-state index is 0.0531. The van der Waals surface area contributed by atoms with Crippen molar-refractivity contribution in [3.8, 4) is 0 Å². The molecule has 0 radical (unpaired) electrons. The molecule has 0 aromatic rings. The highest BCUT2D eigenvalue weighted by atomic mass is 31.2. The number of phosphoric acid groups is 1. The number of allylic oxidation sites excluding steroid dienone is 10. The highest BCUT2D eigenvalue weighted by molar-refractivity contribution is 7.47. The number of hydrogen-bond donors (Lipinski definition) is 2. The van der Waals surface area contributed by atoms with Gasteiger partial charge in [0.2, 0.25) is 0 Å². The molecular formula is C54H98NO8P. The van der Waals surface area contributed by atoms with Gasteiger partial charge in [-0.1, -0.05) is 229 Å². The van der Waals surface area contributed by atoms with E-state index >= 15 is 0 Å². The van der Waals surface area contributed by atoms with Gasteiger partial charge in [0.05, 0.1) is 13.2 Å². The minimum Gasteiger partial charge on any atom is -0.462 e. The largest absolute Gasteiger partial charge is 0.472 e.